The predicted molar refractivity (Wildman–Crippen MR) is 106 cm³/mol. The number of carbonyl (C=O) groups is 1. The summed E-state index contributed by atoms with van der Waals surface area (Å²) in [6.45, 7) is 3.66. The molecule has 0 radical (unpaired) electrons. The summed E-state index contributed by atoms with van der Waals surface area (Å²) >= 11 is 6.05. The van der Waals surface area contributed by atoms with Crippen molar-refractivity contribution in [2.45, 2.75) is 4.90 Å². The fourth-order valence-corrected chi connectivity index (χ4v) is 3.86. The van der Waals surface area contributed by atoms with Gasteiger partial charge >= 0.3 is 0 Å². The Morgan fingerprint density at radius 1 is 1.15 bits per heavy atom. The Kier molecular flexibility index (Phi) is 6.01. The van der Waals surface area contributed by atoms with Gasteiger partial charge in [-0.15, -0.1) is 0 Å². The molecule has 2 aromatic rings. The van der Waals surface area contributed by atoms with E-state index in [4.69, 9.17) is 16.7 Å². The molecule has 0 spiro atoms. The Balaban J connectivity index is 1.53. The molecule has 2 aromatic carbocycles. The van der Waals surface area contributed by atoms with Crippen molar-refractivity contribution in [3.8, 4) is 0 Å². The first-order chi connectivity index (χ1) is 12.8. The molecule has 7 nitrogen and oxygen atoms in total. The van der Waals surface area contributed by atoms with Crippen molar-refractivity contribution < 1.29 is 18.1 Å². The molecule has 3 rings (SSSR count). The van der Waals surface area contributed by atoms with Crippen LogP contribution in [0, 0.1) is 0 Å². The van der Waals surface area contributed by atoms with Crippen molar-refractivity contribution in [3.63, 3.8) is 0 Å². The number of primary sulfonamides is 1. The third kappa shape index (κ3) is 5.43. The van der Waals surface area contributed by atoms with Gasteiger partial charge in [0.05, 0.1) is 31.1 Å². The van der Waals surface area contributed by atoms with Crippen molar-refractivity contribution in [1.29, 1.82) is 0 Å². The van der Waals surface area contributed by atoms with Crippen LogP contribution in [0.25, 0.3) is 0 Å². The molecule has 4 N–H and O–H groups in total. The van der Waals surface area contributed by atoms with Gasteiger partial charge in [-0.05, 0) is 36.4 Å². The molecule has 0 unspecified atom stereocenters. The van der Waals surface area contributed by atoms with Crippen LogP contribution in [0.1, 0.15) is 0 Å². The van der Waals surface area contributed by atoms with Crippen molar-refractivity contribution >= 4 is 38.9 Å². The van der Waals surface area contributed by atoms with Gasteiger partial charge in [0.2, 0.25) is 10.0 Å². The second-order valence-electron chi connectivity index (χ2n) is 6.51. The molecule has 1 aliphatic heterocycles. The van der Waals surface area contributed by atoms with Crippen LogP contribution < -0.4 is 20.3 Å². The lowest BCUT2D eigenvalue weighted by Crippen LogP contribution is -3.15. The minimum atomic E-state index is -3.80. The SMILES string of the molecule is NS(=O)(=O)c1cccc(NC(=O)C[NH+]2CCN(c3cccc(Cl)c3)CC2)c1. The molecule has 0 bridgehead atoms. The van der Waals surface area contributed by atoms with E-state index in [1.54, 1.807) is 12.1 Å². The summed E-state index contributed by atoms with van der Waals surface area (Å²) in [6, 6.07) is 13.7. The number of nitrogens with zero attached hydrogens (tertiary/aromatic N) is 1. The van der Waals surface area contributed by atoms with E-state index in [0.29, 0.717) is 17.3 Å². The first-order valence-electron chi connectivity index (χ1n) is 8.58. The molecular weight excluding hydrogens is 388 g/mol. The van der Waals surface area contributed by atoms with E-state index in [1.807, 2.05) is 24.3 Å². The van der Waals surface area contributed by atoms with Gasteiger partial charge in [0.1, 0.15) is 0 Å². The average Bonchev–Trinajstić information content (AvgIpc) is 2.62. The second kappa shape index (κ2) is 8.26. The van der Waals surface area contributed by atoms with Crippen LogP contribution >= 0.6 is 11.6 Å². The Hall–Kier alpha value is -2.13. The van der Waals surface area contributed by atoms with Gasteiger partial charge in [-0.1, -0.05) is 23.7 Å². The summed E-state index contributed by atoms with van der Waals surface area (Å²) in [7, 11) is -3.80. The molecule has 9 heteroatoms. The fraction of sp³-hybridized carbons (Fsp3) is 0.278. The van der Waals surface area contributed by atoms with E-state index in [-0.39, 0.29) is 10.8 Å². The summed E-state index contributed by atoms with van der Waals surface area (Å²) in [5, 5.41) is 8.57. The average molecular weight is 410 g/mol. The predicted octanol–water partition coefficient (Wildman–Crippen LogP) is 0.331. The lowest BCUT2D eigenvalue weighted by Gasteiger charge is -2.33. The second-order valence-corrected chi connectivity index (χ2v) is 8.51. The number of hydrogen-bond acceptors (Lipinski definition) is 4. The van der Waals surface area contributed by atoms with Gasteiger partial charge in [0, 0.05) is 16.4 Å². The fourth-order valence-electron chi connectivity index (χ4n) is 3.11. The highest BCUT2D eigenvalue weighted by molar-refractivity contribution is 7.89. The maximum atomic E-state index is 12.3. The van der Waals surface area contributed by atoms with E-state index in [1.165, 1.54) is 17.0 Å². The highest BCUT2D eigenvalue weighted by atomic mass is 35.5. The van der Waals surface area contributed by atoms with Gasteiger partial charge in [-0.25, -0.2) is 13.6 Å². The number of nitrogens with two attached hydrogens (primary N) is 1. The number of rotatable bonds is 5. The van der Waals surface area contributed by atoms with E-state index in [2.05, 4.69) is 10.2 Å². The van der Waals surface area contributed by atoms with Gasteiger partial charge in [-0.2, -0.15) is 0 Å². The summed E-state index contributed by atoms with van der Waals surface area (Å²) in [5.41, 5.74) is 1.51. The quantitative estimate of drug-likeness (QED) is 0.663. The highest BCUT2D eigenvalue weighted by Crippen LogP contribution is 2.19. The summed E-state index contributed by atoms with van der Waals surface area (Å²) in [4.78, 5) is 15.7. The molecule has 144 valence electrons. The smallest absolute Gasteiger partial charge is 0.279 e. The molecule has 1 heterocycles. The third-order valence-corrected chi connectivity index (χ3v) is 5.65. The first-order valence-corrected chi connectivity index (χ1v) is 10.5. The lowest BCUT2D eigenvalue weighted by molar-refractivity contribution is -0.892. The van der Waals surface area contributed by atoms with E-state index >= 15 is 0 Å². The standard InChI is InChI=1S/C18H21ClN4O3S/c19-14-3-1-5-16(11-14)23-9-7-22(8-10-23)13-18(24)21-15-4-2-6-17(12-15)27(20,25)26/h1-6,11-12H,7-10,13H2,(H,21,24)(H2,20,25,26)/p+1. The minimum absolute atomic E-state index is 0.0252. The molecule has 0 saturated carbocycles. The lowest BCUT2D eigenvalue weighted by atomic mass is 10.2. The van der Waals surface area contributed by atoms with Crippen LogP contribution in [0.5, 0.6) is 0 Å². The number of sulfonamides is 1. The van der Waals surface area contributed by atoms with Crippen LogP contribution in [-0.4, -0.2) is 47.0 Å². The Morgan fingerprint density at radius 2 is 1.85 bits per heavy atom. The van der Waals surface area contributed by atoms with Crippen LogP contribution in [0.3, 0.4) is 0 Å². The number of quaternary nitrogens is 1. The largest absolute Gasteiger partial charge is 0.360 e. The van der Waals surface area contributed by atoms with Crippen LogP contribution in [0.4, 0.5) is 11.4 Å². The number of piperazine rings is 1. The Bertz CT molecular complexity index is 928. The van der Waals surface area contributed by atoms with E-state index in [9.17, 15) is 13.2 Å². The summed E-state index contributed by atoms with van der Waals surface area (Å²) in [5.74, 6) is -0.159. The first kappa shape index (κ1) is 19.6. The van der Waals surface area contributed by atoms with Crippen LogP contribution in [0.2, 0.25) is 5.02 Å². The number of amides is 1. The molecule has 0 atom stereocenters. The zero-order chi connectivity index (χ0) is 19.4. The molecular formula is C18H22ClN4O3S+. The van der Waals surface area contributed by atoms with Gasteiger partial charge < -0.3 is 15.1 Å². The Morgan fingerprint density at radius 3 is 2.52 bits per heavy atom. The van der Waals surface area contributed by atoms with Crippen molar-refractivity contribution in [3.05, 3.63) is 53.6 Å². The molecule has 27 heavy (non-hydrogen) atoms. The summed E-state index contributed by atoms with van der Waals surface area (Å²) < 4.78 is 22.8. The van der Waals surface area contributed by atoms with Crippen molar-refractivity contribution in [1.82, 2.24) is 0 Å². The maximum Gasteiger partial charge on any atom is 0.279 e. The topological polar surface area (TPSA) is 96.9 Å². The number of halogens is 1. The number of carbonyl (C=O) groups excluding carboxylic acids is 1. The molecule has 1 saturated heterocycles. The van der Waals surface area contributed by atoms with Gasteiger partial charge in [0.15, 0.2) is 6.54 Å². The minimum Gasteiger partial charge on any atom is -0.360 e. The number of benzene rings is 2. The van der Waals surface area contributed by atoms with Crippen LogP contribution in [0.15, 0.2) is 53.4 Å². The number of nitrogens with one attached hydrogen (secondary N) is 2. The zero-order valence-corrected chi connectivity index (χ0v) is 16.3. The third-order valence-electron chi connectivity index (χ3n) is 4.50. The van der Waals surface area contributed by atoms with E-state index in [0.717, 1.165) is 31.9 Å². The van der Waals surface area contributed by atoms with Gasteiger partial charge in [0.25, 0.3) is 5.91 Å². The molecule has 1 amide bonds. The molecule has 0 aromatic heterocycles. The van der Waals surface area contributed by atoms with Crippen molar-refractivity contribution in [2.24, 2.45) is 5.14 Å². The normalized spacial score (nSPS) is 15.6. The zero-order valence-electron chi connectivity index (χ0n) is 14.7. The molecule has 1 fully saturated rings. The van der Waals surface area contributed by atoms with Crippen molar-refractivity contribution in [2.75, 3.05) is 42.9 Å². The number of hydrogen-bond donors (Lipinski definition) is 3. The highest BCUT2D eigenvalue weighted by Gasteiger charge is 2.22. The van der Waals surface area contributed by atoms with Gasteiger partial charge in [-0.3, -0.25) is 4.79 Å². The van der Waals surface area contributed by atoms with E-state index < -0.39 is 10.0 Å². The summed E-state index contributed by atoms with van der Waals surface area (Å²) in [6.07, 6.45) is 0. The molecule has 1 aliphatic rings. The Labute approximate surface area is 163 Å². The monoisotopic (exact) mass is 409 g/mol. The maximum absolute atomic E-state index is 12.3. The van der Waals surface area contributed by atoms with Crippen LogP contribution in [-0.2, 0) is 14.8 Å². The number of anilines is 2. The molecule has 0 aliphatic carbocycles.